The van der Waals surface area contributed by atoms with Gasteiger partial charge in [0.05, 0.1) is 12.8 Å². The van der Waals surface area contributed by atoms with Gasteiger partial charge in [0.25, 0.3) is 0 Å². The van der Waals surface area contributed by atoms with E-state index >= 15 is 0 Å². The summed E-state index contributed by atoms with van der Waals surface area (Å²) in [6.45, 7) is 3.94. The third-order valence-corrected chi connectivity index (χ3v) is 4.63. The lowest BCUT2D eigenvalue weighted by Crippen LogP contribution is -2.46. The van der Waals surface area contributed by atoms with Gasteiger partial charge in [-0.15, -0.1) is 0 Å². The Morgan fingerprint density at radius 3 is 2.90 bits per heavy atom. The Bertz CT molecular complexity index is 675. The van der Waals surface area contributed by atoms with Crippen molar-refractivity contribution >= 4 is 5.97 Å². The quantitative estimate of drug-likeness (QED) is 0.849. The zero-order valence-electron chi connectivity index (χ0n) is 12.5. The third kappa shape index (κ3) is 1.82. The molecule has 0 spiro atoms. The van der Waals surface area contributed by atoms with Crippen molar-refractivity contribution in [1.82, 2.24) is 4.98 Å². The van der Waals surface area contributed by atoms with E-state index in [-0.39, 0.29) is 5.92 Å². The first-order valence-electron chi connectivity index (χ1n) is 7.14. The number of aliphatic carboxylic acids is 1. The van der Waals surface area contributed by atoms with Crippen molar-refractivity contribution < 1.29 is 14.6 Å². The summed E-state index contributed by atoms with van der Waals surface area (Å²) in [5, 5.41) is 10.0. The fraction of sp³-hybridized carbons (Fsp3) is 0.412. The summed E-state index contributed by atoms with van der Waals surface area (Å²) in [5.74, 6) is -0.134. The molecule has 1 N–H and O–H groups in total. The van der Waals surface area contributed by atoms with E-state index in [0.717, 1.165) is 28.8 Å². The maximum atomic E-state index is 12.2. The van der Waals surface area contributed by atoms with Gasteiger partial charge in [-0.25, -0.2) is 4.98 Å². The molecule has 2 aliphatic rings. The van der Waals surface area contributed by atoms with Crippen LogP contribution >= 0.6 is 0 Å². The van der Waals surface area contributed by atoms with Crippen molar-refractivity contribution in [2.75, 3.05) is 7.11 Å². The van der Waals surface area contributed by atoms with Gasteiger partial charge in [-0.3, -0.25) is 4.79 Å². The van der Waals surface area contributed by atoms with Crippen LogP contribution in [0.2, 0.25) is 0 Å². The van der Waals surface area contributed by atoms with Crippen LogP contribution < -0.4 is 4.74 Å². The molecule has 0 radical (unpaired) electrons. The lowest BCUT2D eigenvalue weighted by atomic mass is 9.58. The molecule has 1 aromatic heterocycles. The molecule has 2 aliphatic carbocycles. The summed E-state index contributed by atoms with van der Waals surface area (Å²) in [6, 6.07) is 3.62. The van der Waals surface area contributed by atoms with Crippen LogP contribution in [-0.4, -0.2) is 23.2 Å². The molecular formula is C17H19NO3. The molecule has 0 saturated heterocycles. The largest absolute Gasteiger partial charge is 0.481 e. The van der Waals surface area contributed by atoms with Gasteiger partial charge in [0, 0.05) is 18.4 Å². The van der Waals surface area contributed by atoms with Crippen molar-refractivity contribution in [2.24, 2.45) is 5.92 Å². The van der Waals surface area contributed by atoms with Gasteiger partial charge >= 0.3 is 5.97 Å². The number of hydrogen-bond acceptors (Lipinski definition) is 3. The number of carboxylic acids is 1. The van der Waals surface area contributed by atoms with E-state index in [0.29, 0.717) is 12.3 Å². The number of carboxylic acid groups (broad SMARTS) is 1. The molecule has 1 unspecified atom stereocenters. The van der Waals surface area contributed by atoms with Gasteiger partial charge in [0.2, 0.25) is 5.88 Å². The normalized spacial score (nSPS) is 28.8. The topological polar surface area (TPSA) is 59.4 Å². The second-order valence-corrected chi connectivity index (χ2v) is 5.80. The minimum Gasteiger partial charge on any atom is -0.481 e. The Morgan fingerprint density at radius 1 is 1.52 bits per heavy atom. The monoisotopic (exact) mass is 285 g/mol. The molecule has 3 rings (SSSR count). The molecule has 110 valence electrons. The minimum absolute atomic E-state index is 0.118. The first kappa shape index (κ1) is 13.9. The average Bonchev–Trinajstić information content (AvgIpc) is 2.45. The van der Waals surface area contributed by atoms with Crippen molar-refractivity contribution in [1.29, 1.82) is 0 Å². The first-order chi connectivity index (χ1) is 10.0. The standard InChI is InChI=1S/C17H19NO3/c1-4-12-11-7-10(2)9-17(12,16(19)20)13-5-6-15(21-3)18-14(13)8-11/h4-7,11H,8-9H2,1-3H3,(H,19,20)/b12-4+/t11?,17-/m1/s1. The minimum atomic E-state index is -0.967. The van der Waals surface area contributed by atoms with E-state index in [4.69, 9.17) is 4.74 Å². The SMILES string of the molecule is C/C=C1\C2C=C(C)C[C@]1(C(=O)O)c1ccc(OC)nc1C2. The molecule has 0 aliphatic heterocycles. The fourth-order valence-corrected chi connectivity index (χ4v) is 3.87. The smallest absolute Gasteiger partial charge is 0.318 e. The third-order valence-electron chi connectivity index (χ3n) is 4.63. The zero-order valence-corrected chi connectivity index (χ0v) is 12.5. The lowest BCUT2D eigenvalue weighted by Gasteiger charge is -2.44. The van der Waals surface area contributed by atoms with Crippen LogP contribution in [0.15, 0.2) is 35.4 Å². The summed E-state index contributed by atoms with van der Waals surface area (Å²) < 4.78 is 5.18. The number of methoxy groups -OCH3 is 1. The van der Waals surface area contributed by atoms with Crippen LogP contribution in [0.4, 0.5) is 0 Å². The Hall–Kier alpha value is -2.10. The molecule has 4 nitrogen and oxygen atoms in total. The lowest BCUT2D eigenvalue weighted by molar-refractivity contribution is -0.142. The zero-order chi connectivity index (χ0) is 15.2. The number of allylic oxidation sites excluding steroid dienone is 3. The fourth-order valence-electron chi connectivity index (χ4n) is 3.87. The van der Waals surface area contributed by atoms with Crippen LogP contribution in [0.5, 0.6) is 5.88 Å². The van der Waals surface area contributed by atoms with Crippen molar-refractivity contribution in [3.05, 3.63) is 46.7 Å². The average molecular weight is 285 g/mol. The number of carbonyl (C=O) groups is 1. The molecule has 1 heterocycles. The van der Waals surface area contributed by atoms with E-state index in [1.54, 1.807) is 13.2 Å². The Kier molecular flexibility index (Phi) is 3.12. The predicted octanol–water partition coefficient (Wildman–Crippen LogP) is 2.88. The van der Waals surface area contributed by atoms with Crippen LogP contribution in [0.3, 0.4) is 0 Å². The van der Waals surface area contributed by atoms with Crippen LogP contribution in [0.1, 0.15) is 31.5 Å². The summed E-state index contributed by atoms with van der Waals surface area (Å²) in [5.41, 5.74) is 2.81. The number of nitrogens with zero attached hydrogens (tertiary/aromatic N) is 1. The van der Waals surface area contributed by atoms with E-state index in [9.17, 15) is 9.90 Å². The highest BCUT2D eigenvalue weighted by atomic mass is 16.5. The Morgan fingerprint density at radius 2 is 2.29 bits per heavy atom. The van der Waals surface area contributed by atoms with E-state index < -0.39 is 11.4 Å². The molecule has 1 aromatic rings. The molecule has 4 heteroatoms. The number of aromatic nitrogens is 1. The summed E-state index contributed by atoms with van der Waals surface area (Å²) in [6.07, 6.45) is 5.40. The molecule has 2 bridgehead atoms. The van der Waals surface area contributed by atoms with Crippen LogP contribution in [0, 0.1) is 5.92 Å². The number of rotatable bonds is 2. The van der Waals surface area contributed by atoms with Crippen molar-refractivity contribution in [3.8, 4) is 5.88 Å². The Balaban J connectivity index is 2.30. The summed E-state index contributed by atoms with van der Waals surface area (Å²) in [4.78, 5) is 16.7. The molecule has 21 heavy (non-hydrogen) atoms. The van der Waals surface area contributed by atoms with Gasteiger partial charge in [0.1, 0.15) is 5.41 Å². The maximum Gasteiger partial charge on any atom is 0.318 e. The molecule has 2 atom stereocenters. The highest BCUT2D eigenvalue weighted by molar-refractivity contribution is 5.88. The van der Waals surface area contributed by atoms with Gasteiger partial charge in [0.15, 0.2) is 0 Å². The van der Waals surface area contributed by atoms with E-state index in [1.165, 1.54) is 0 Å². The molecule has 0 saturated carbocycles. The second kappa shape index (κ2) is 4.72. The highest BCUT2D eigenvalue weighted by Crippen LogP contribution is 2.51. The maximum absolute atomic E-state index is 12.2. The number of ether oxygens (including phenoxy) is 1. The van der Waals surface area contributed by atoms with Gasteiger partial charge in [-0.2, -0.15) is 0 Å². The molecule has 0 amide bonds. The van der Waals surface area contributed by atoms with Crippen molar-refractivity contribution in [2.45, 2.75) is 32.1 Å². The number of fused-ring (bicyclic) bond motifs is 4. The number of pyridine rings is 1. The van der Waals surface area contributed by atoms with Crippen LogP contribution in [0.25, 0.3) is 0 Å². The summed E-state index contributed by atoms with van der Waals surface area (Å²) in [7, 11) is 1.58. The van der Waals surface area contributed by atoms with E-state index in [1.807, 2.05) is 26.0 Å². The molecular weight excluding hydrogens is 266 g/mol. The first-order valence-corrected chi connectivity index (χ1v) is 7.14. The van der Waals surface area contributed by atoms with Gasteiger partial charge < -0.3 is 9.84 Å². The van der Waals surface area contributed by atoms with Gasteiger partial charge in [-0.1, -0.05) is 23.8 Å². The van der Waals surface area contributed by atoms with Crippen molar-refractivity contribution in [3.63, 3.8) is 0 Å². The van der Waals surface area contributed by atoms with E-state index in [2.05, 4.69) is 11.1 Å². The molecule has 0 aromatic carbocycles. The second-order valence-electron chi connectivity index (χ2n) is 5.80. The molecule has 0 fully saturated rings. The van der Waals surface area contributed by atoms with Gasteiger partial charge in [-0.05, 0) is 31.4 Å². The number of hydrogen-bond donors (Lipinski definition) is 1. The Labute approximate surface area is 124 Å². The summed E-state index contributed by atoms with van der Waals surface area (Å²) >= 11 is 0. The van der Waals surface area contributed by atoms with Crippen LogP contribution in [-0.2, 0) is 16.6 Å². The predicted molar refractivity (Wildman–Crippen MR) is 79.4 cm³/mol. The highest BCUT2D eigenvalue weighted by Gasteiger charge is 2.52.